The summed E-state index contributed by atoms with van der Waals surface area (Å²) in [6.07, 6.45) is 2.40. The standard InChI is InChI=1S/C17H31NO5/c1-5-17(2,3)16(22)23-11-10-18(4)14(19)12-8-6-7-9-13(12)15(20)21/h12-13,15,20-21H,5-11H2,1-4H3. The van der Waals surface area contributed by atoms with Gasteiger partial charge in [0.25, 0.3) is 0 Å². The number of hydrogen-bond donors (Lipinski definition) is 2. The number of aliphatic hydroxyl groups excluding tert-OH is 1. The molecule has 0 bridgehead atoms. The summed E-state index contributed by atoms with van der Waals surface area (Å²) in [6, 6.07) is 0. The lowest BCUT2D eigenvalue weighted by Crippen LogP contribution is -2.43. The minimum absolute atomic E-state index is 0.103. The Morgan fingerprint density at radius 1 is 1.26 bits per heavy atom. The molecule has 0 heterocycles. The van der Waals surface area contributed by atoms with Crippen molar-refractivity contribution in [2.75, 3.05) is 20.2 Å². The number of hydrogen-bond acceptors (Lipinski definition) is 5. The Hall–Kier alpha value is -1.14. The van der Waals surface area contributed by atoms with Crippen molar-refractivity contribution in [2.24, 2.45) is 17.3 Å². The Kier molecular flexibility index (Phi) is 7.48. The largest absolute Gasteiger partial charge is 0.463 e. The number of rotatable bonds is 7. The molecule has 0 aliphatic heterocycles. The van der Waals surface area contributed by atoms with Crippen LogP contribution in [0, 0.1) is 17.3 Å². The van der Waals surface area contributed by atoms with Crippen LogP contribution in [0.25, 0.3) is 0 Å². The molecule has 1 amide bonds. The zero-order valence-electron chi connectivity index (χ0n) is 14.7. The van der Waals surface area contributed by atoms with E-state index >= 15 is 0 Å². The maximum absolute atomic E-state index is 12.5. The van der Waals surface area contributed by atoms with E-state index in [0.717, 1.165) is 12.8 Å². The van der Waals surface area contributed by atoms with Gasteiger partial charge in [0.2, 0.25) is 5.91 Å². The van der Waals surface area contributed by atoms with Gasteiger partial charge < -0.3 is 19.8 Å². The minimum Gasteiger partial charge on any atom is -0.463 e. The highest BCUT2D eigenvalue weighted by Crippen LogP contribution is 2.33. The summed E-state index contributed by atoms with van der Waals surface area (Å²) in [7, 11) is 1.66. The second-order valence-corrected chi connectivity index (χ2v) is 7.10. The van der Waals surface area contributed by atoms with Gasteiger partial charge >= 0.3 is 5.97 Å². The summed E-state index contributed by atoms with van der Waals surface area (Å²) in [5.74, 6) is -1.13. The van der Waals surface area contributed by atoms with Gasteiger partial charge in [-0.15, -0.1) is 0 Å². The molecule has 1 saturated carbocycles. The number of aliphatic hydroxyl groups is 2. The van der Waals surface area contributed by atoms with Crippen LogP contribution >= 0.6 is 0 Å². The van der Waals surface area contributed by atoms with Crippen molar-refractivity contribution in [3.8, 4) is 0 Å². The minimum atomic E-state index is -1.46. The third-order valence-electron chi connectivity index (χ3n) is 4.99. The lowest BCUT2D eigenvalue weighted by molar-refractivity contribution is -0.157. The molecule has 1 fully saturated rings. The van der Waals surface area contributed by atoms with Gasteiger partial charge in [-0.1, -0.05) is 19.8 Å². The summed E-state index contributed by atoms with van der Waals surface area (Å²) < 4.78 is 5.25. The van der Waals surface area contributed by atoms with Crippen LogP contribution in [0.5, 0.6) is 0 Å². The molecule has 0 spiro atoms. The monoisotopic (exact) mass is 329 g/mol. The first-order valence-corrected chi connectivity index (χ1v) is 8.49. The van der Waals surface area contributed by atoms with Crippen molar-refractivity contribution in [1.29, 1.82) is 0 Å². The average molecular weight is 329 g/mol. The molecule has 2 unspecified atom stereocenters. The van der Waals surface area contributed by atoms with Crippen LogP contribution in [0.2, 0.25) is 0 Å². The summed E-state index contributed by atoms with van der Waals surface area (Å²) in [4.78, 5) is 25.9. The molecule has 0 aromatic rings. The van der Waals surface area contributed by atoms with Crippen LogP contribution in [0.4, 0.5) is 0 Å². The van der Waals surface area contributed by atoms with Crippen LogP contribution < -0.4 is 0 Å². The van der Waals surface area contributed by atoms with E-state index in [1.807, 2.05) is 20.8 Å². The van der Waals surface area contributed by atoms with Gasteiger partial charge in [-0.3, -0.25) is 9.59 Å². The maximum Gasteiger partial charge on any atom is 0.311 e. The molecule has 0 saturated heterocycles. The number of ether oxygens (including phenoxy) is 1. The van der Waals surface area contributed by atoms with Gasteiger partial charge in [-0.2, -0.15) is 0 Å². The zero-order valence-corrected chi connectivity index (χ0v) is 14.7. The van der Waals surface area contributed by atoms with E-state index in [2.05, 4.69) is 0 Å². The van der Waals surface area contributed by atoms with E-state index in [-0.39, 0.29) is 24.4 Å². The van der Waals surface area contributed by atoms with Gasteiger partial charge in [0.1, 0.15) is 6.61 Å². The molecule has 0 aromatic heterocycles. The third kappa shape index (κ3) is 5.46. The number of carbonyl (C=O) groups is 2. The maximum atomic E-state index is 12.5. The first-order chi connectivity index (χ1) is 10.7. The molecular formula is C17H31NO5. The van der Waals surface area contributed by atoms with Crippen LogP contribution in [-0.2, 0) is 14.3 Å². The van der Waals surface area contributed by atoms with Gasteiger partial charge in [-0.05, 0) is 33.1 Å². The van der Waals surface area contributed by atoms with Crippen molar-refractivity contribution in [3.05, 3.63) is 0 Å². The number of carbonyl (C=O) groups excluding carboxylic acids is 2. The molecule has 0 radical (unpaired) electrons. The summed E-state index contributed by atoms with van der Waals surface area (Å²) >= 11 is 0. The molecule has 1 aliphatic rings. The Morgan fingerprint density at radius 3 is 2.43 bits per heavy atom. The molecule has 1 aliphatic carbocycles. The van der Waals surface area contributed by atoms with E-state index in [4.69, 9.17) is 4.74 Å². The van der Waals surface area contributed by atoms with E-state index in [9.17, 15) is 19.8 Å². The molecule has 6 nitrogen and oxygen atoms in total. The highest BCUT2D eigenvalue weighted by molar-refractivity contribution is 5.79. The van der Waals surface area contributed by atoms with Crippen LogP contribution in [0.3, 0.4) is 0 Å². The highest BCUT2D eigenvalue weighted by atomic mass is 16.5. The van der Waals surface area contributed by atoms with E-state index < -0.39 is 17.6 Å². The molecule has 23 heavy (non-hydrogen) atoms. The van der Waals surface area contributed by atoms with Crippen molar-refractivity contribution >= 4 is 11.9 Å². The van der Waals surface area contributed by atoms with Gasteiger partial charge in [0.05, 0.1) is 12.0 Å². The van der Waals surface area contributed by atoms with Crippen molar-refractivity contribution in [2.45, 2.75) is 59.2 Å². The topological polar surface area (TPSA) is 87.1 Å². The molecular weight excluding hydrogens is 298 g/mol. The quantitative estimate of drug-likeness (QED) is 0.546. The van der Waals surface area contributed by atoms with Gasteiger partial charge in [-0.25, -0.2) is 0 Å². The fraction of sp³-hybridized carbons (Fsp3) is 0.882. The Bertz CT molecular complexity index is 408. The van der Waals surface area contributed by atoms with E-state index in [1.54, 1.807) is 7.05 Å². The second-order valence-electron chi connectivity index (χ2n) is 7.10. The van der Waals surface area contributed by atoms with Gasteiger partial charge in [0, 0.05) is 18.9 Å². The van der Waals surface area contributed by atoms with Crippen LogP contribution in [0.1, 0.15) is 52.9 Å². The summed E-state index contributed by atoms with van der Waals surface area (Å²) in [5.41, 5.74) is -0.516. The van der Waals surface area contributed by atoms with Crippen molar-refractivity contribution in [3.63, 3.8) is 0 Å². The SMILES string of the molecule is CCC(C)(C)C(=O)OCCN(C)C(=O)C1CCCCC1C(O)O. The van der Waals surface area contributed by atoms with Gasteiger partial charge in [0.15, 0.2) is 6.29 Å². The fourth-order valence-electron chi connectivity index (χ4n) is 2.83. The number of amides is 1. The molecule has 6 heteroatoms. The van der Waals surface area contributed by atoms with Crippen molar-refractivity contribution < 1.29 is 24.5 Å². The van der Waals surface area contributed by atoms with Crippen LogP contribution in [0.15, 0.2) is 0 Å². The molecule has 2 N–H and O–H groups in total. The van der Waals surface area contributed by atoms with E-state index in [0.29, 0.717) is 25.8 Å². The predicted octanol–water partition coefficient (Wildman–Crippen LogP) is 1.54. The molecule has 1 rings (SSSR count). The lowest BCUT2D eigenvalue weighted by atomic mass is 9.78. The zero-order chi connectivity index (χ0) is 17.6. The summed E-state index contributed by atoms with van der Waals surface area (Å²) in [5, 5.41) is 18.9. The first-order valence-electron chi connectivity index (χ1n) is 8.49. The Labute approximate surface area is 138 Å². The highest BCUT2D eigenvalue weighted by Gasteiger charge is 2.36. The van der Waals surface area contributed by atoms with Crippen molar-refractivity contribution in [1.82, 2.24) is 4.90 Å². The molecule has 2 atom stereocenters. The third-order valence-corrected chi connectivity index (χ3v) is 4.99. The summed E-state index contributed by atoms with van der Waals surface area (Å²) in [6.45, 7) is 6.07. The number of likely N-dealkylation sites (N-methyl/N-ethyl adjacent to an activating group) is 1. The Balaban J connectivity index is 2.49. The fourth-order valence-corrected chi connectivity index (χ4v) is 2.83. The van der Waals surface area contributed by atoms with Crippen LogP contribution in [-0.4, -0.2) is 53.5 Å². The molecule has 0 aromatic carbocycles. The first kappa shape index (κ1) is 19.9. The second kappa shape index (κ2) is 8.64. The lowest BCUT2D eigenvalue weighted by Gasteiger charge is -2.34. The number of esters is 1. The Morgan fingerprint density at radius 2 is 1.87 bits per heavy atom. The predicted molar refractivity (Wildman–Crippen MR) is 86.3 cm³/mol. The number of nitrogens with zero attached hydrogens (tertiary/aromatic N) is 1. The normalized spacial score (nSPS) is 22.0. The average Bonchev–Trinajstić information content (AvgIpc) is 2.53. The molecule has 134 valence electrons. The van der Waals surface area contributed by atoms with E-state index in [1.165, 1.54) is 4.90 Å². The smallest absolute Gasteiger partial charge is 0.311 e.